The minimum absolute atomic E-state index is 0. The summed E-state index contributed by atoms with van der Waals surface area (Å²) in [5, 5.41) is 8.09. The van der Waals surface area contributed by atoms with Crippen LogP contribution in [0.2, 0.25) is 0 Å². The van der Waals surface area contributed by atoms with Crippen LogP contribution in [0.25, 0.3) is 33.6 Å². The number of aromatic amines is 2. The fourth-order valence-corrected chi connectivity index (χ4v) is 3.81. The van der Waals surface area contributed by atoms with Crippen molar-refractivity contribution in [2.75, 3.05) is 12.4 Å². The molecule has 5 aromatic heterocycles. The van der Waals surface area contributed by atoms with Gasteiger partial charge in [0.05, 0.1) is 36.1 Å². The van der Waals surface area contributed by atoms with Gasteiger partial charge in [-0.3, -0.25) is 9.48 Å². The predicted octanol–water partition coefficient (Wildman–Crippen LogP) is 3.44. The van der Waals surface area contributed by atoms with Crippen LogP contribution >= 0.6 is 0 Å². The number of fused-ring (bicyclic) bond motifs is 2. The van der Waals surface area contributed by atoms with Crippen molar-refractivity contribution in [1.29, 1.82) is 0 Å². The SMILES string of the molecule is C.COc1cnc2nc(-c3c(N[C@H](c4ncccn4)C(C)C)c4nn(C)cc4[nH]c3=O)[nH]c2c1. The first-order valence-electron chi connectivity index (χ1n) is 10.5. The largest absolute Gasteiger partial charge is 0.495 e. The molecule has 5 rings (SSSR count). The van der Waals surface area contributed by atoms with E-state index in [1.165, 1.54) is 0 Å². The fraction of sp³-hybridized carbons (Fsp3) is 0.304. The van der Waals surface area contributed by atoms with E-state index in [1.54, 1.807) is 55.8 Å². The number of rotatable bonds is 6. The zero-order valence-electron chi connectivity index (χ0n) is 18.6. The van der Waals surface area contributed by atoms with Crippen molar-refractivity contribution in [3.8, 4) is 17.1 Å². The summed E-state index contributed by atoms with van der Waals surface area (Å²) >= 11 is 0. The molecule has 0 amide bonds. The van der Waals surface area contributed by atoms with Crippen molar-refractivity contribution in [2.45, 2.75) is 27.3 Å². The highest BCUT2D eigenvalue weighted by Gasteiger charge is 2.26. The van der Waals surface area contributed by atoms with Crippen LogP contribution < -0.4 is 15.6 Å². The Morgan fingerprint density at radius 1 is 1.12 bits per heavy atom. The van der Waals surface area contributed by atoms with Gasteiger partial charge >= 0.3 is 0 Å². The molecule has 0 aliphatic rings. The third-order valence-electron chi connectivity index (χ3n) is 5.41. The summed E-state index contributed by atoms with van der Waals surface area (Å²) in [6.07, 6.45) is 6.75. The number of pyridine rings is 2. The molecule has 176 valence electrons. The van der Waals surface area contributed by atoms with Gasteiger partial charge < -0.3 is 20.0 Å². The van der Waals surface area contributed by atoms with Gasteiger partial charge in [-0.05, 0) is 12.0 Å². The van der Waals surface area contributed by atoms with E-state index >= 15 is 0 Å². The second-order valence-corrected chi connectivity index (χ2v) is 8.07. The van der Waals surface area contributed by atoms with E-state index in [1.807, 2.05) is 0 Å². The first-order valence-corrected chi connectivity index (χ1v) is 10.5. The molecule has 34 heavy (non-hydrogen) atoms. The molecule has 0 bridgehead atoms. The average molecular weight is 462 g/mol. The molecule has 5 aromatic rings. The van der Waals surface area contributed by atoms with Crippen molar-refractivity contribution >= 4 is 27.9 Å². The number of nitrogens with one attached hydrogen (secondary N) is 3. The lowest BCUT2D eigenvalue weighted by Gasteiger charge is -2.23. The van der Waals surface area contributed by atoms with E-state index < -0.39 is 0 Å². The number of nitrogens with zero attached hydrogens (tertiary/aromatic N) is 6. The van der Waals surface area contributed by atoms with E-state index in [0.29, 0.717) is 50.8 Å². The summed E-state index contributed by atoms with van der Waals surface area (Å²) in [6.45, 7) is 4.13. The lowest BCUT2D eigenvalue weighted by atomic mass is 10.0. The van der Waals surface area contributed by atoms with Crippen molar-refractivity contribution in [3.05, 3.63) is 53.1 Å². The number of hydrogen-bond acceptors (Lipinski definition) is 8. The molecule has 0 saturated heterocycles. The Morgan fingerprint density at radius 3 is 2.59 bits per heavy atom. The van der Waals surface area contributed by atoms with Crippen LogP contribution in [-0.2, 0) is 7.05 Å². The number of imidazole rings is 1. The Kier molecular flexibility index (Phi) is 6.01. The van der Waals surface area contributed by atoms with E-state index in [2.05, 4.69) is 54.2 Å². The number of aryl methyl sites for hydroxylation is 1. The summed E-state index contributed by atoms with van der Waals surface area (Å²) in [5.74, 6) is 1.71. The number of H-pyrrole nitrogens is 2. The monoisotopic (exact) mass is 461 g/mol. The molecule has 11 heteroatoms. The van der Waals surface area contributed by atoms with Gasteiger partial charge in [0.15, 0.2) is 11.5 Å². The highest BCUT2D eigenvalue weighted by Crippen LogP contribution is 2.34. The number of methoxy groups -OCH3 is 1. The van der Waals surface area contributed by atoms with Gasteiger partial charge in [0, 0.05) is 31.7 Å². The van der Waals surface area contributed by atoms with Crippen LogP contribution in [0.5, 0.6) is 5.75 Å². The lowest BCUT2D eigenvalue weighted by molar-refractivity contribution is 0.413. The van der Waals surface area contributed by atoms with Crippen LogP contribution in [0.4, 0.5) is 5.69 Å². The summed E-state index contributed by atoms with van der Waals surface area (Å²) in [5.41, 5.74) is 2.93. The Morgan fingerprint density at radius 2 is 1.88 bits per heavy atom. The molecule has 5 heterocycles. The highest BCUT2D eigenvalue weighted by molar-refractivity contribution is 5.96. The Balaban J connectivity index is 0.00000274. The molecule has 3 N–H and O–H groups in total. The molecule has 0 aromatic carbocycles. The van der Waals surface area contributed by atoms with Crippen LogP contribution in [-0.4, -0.2) is 46.8 Å². The zero-order chi connectivity index (χ0) is 23.1. The molecule has 0 radical (unpaired) electrons. The quantitative estimate of drug-likeness (QED) is 0.349. The van der Waals surface area contributed by atoms with E-state index in [9.17, 15) is 4.79 Å². The minimum atomic E-state index is -0.305. The minimum Gasteiger partial charge on any atom is -0.495 e. The summed E-state index contributed by atoms with van der Waals surface area (Å²) < 4.78 is 6.91. The van der Waals surface area contributed by atoms with Gasteiger partial charge in [0.25, 0.3) is 5.56 Å². The van der Waals surface area contributed by atoms with Crippen LogP contribution in [0.1, 0.15) is 33.1 Å². The first-order chi connectivity index (χ1) is 15.9. The van der Waals surface area contributed by atoms with Gasteiger partial charge in [-0.15, -0.1) is 0 Å². The lowest BCUT2D eigenvalue weighted by Crippen LogP contribution is -2.22. The maximum Gasteiger partial charge on any atom is 0.261 e. The normalized spacial score (nSPS) is 12.1. The van der Waals surface area contributed by atoms with Gasteiger partial charge in [-0.25, -0.2) is 19.9 Å². The Bertz CT molecular complexity index is 1500. The Labute approximate surface area is 195 Å². The van der Waals surface area contributed by atoms with Crippen molar-refractivity contribution in [1.82, 2.24) is 39.7 Å². The van der Waals surface area contributed by atoms with Gasteiger partial charge in [0.1, 0.15) is 22.7 Å². The maximum absolute atomic E-state index is 13.3. The molecular formula is C23H27N9O2. The fourth-order valence-electron chi connectivity index (χ4n) is 3.81. The molecule has 0 aliphatic carbocycles. The van der Waals surface area contributed by atoms with Gasteiger partial charge in [-0.2, -0.15) is 5.10 Å². The van der Waals surface area contributed by atoms with E-state index in [0.717, 1.165) is 0 Å². The van der Waals surface area contributed by atoms with E-state index in [-0.39, 0.29) is 24.9 Å². The molecule has 0 aliphatic heterocycles. The summed E-state index contributed by atoms with van der Waals surface area (Å²) in [6, 6.07) is 3.29. The Hall–Kier alpha value is -4.28. The molecular weight excluding hydrogens is 434 g/mol. The van der Waals surface area contributed by atoms with Crippen molar-refractivity contribution < 1.29 is 4.74 Å². The number of hydrogen-bond donors (Lipinski definition) is 3. The summed E-state index contributed by atoms with van der Waals surface area (Å²) in [4.78, 5) is 37.1. The molecule has 0 spiro atoms. The van der Waals surface area contributed by atoms with Crippen LogP contribution in [0.15, 0.2) is 41.7 Å². The molecule has 1 atom stereocenters. The highest BCUT2D eigenvalue weighted by atomic mass is 16.5. The van der Waals surface area contributed by atoms with Crippen molar-refractivity contribution in [3.63, 3.8) is 0 Å². The van der Waals surface area contributed by atoms with Crippen LogP contribution in [0.3, 0.4) is 0 Å². The predicted molar refractivity (Wildman–Crippen MR) is 131 cm³/mol. The molecule has 11 nitrogen and oxygen atoms in total. The van der Waals surface area contributed by atoms with Gasteiger partial charge in [0.2, 0.25) is 0 Å². The average Bonchev–Trinajstić information content (AvgIpc) is 3.38. The van der Waals surface area contributed by atoms with Crippen molar-refractivity contribution in [2.24, 2.45) is 13.0 Å². The molecule has 0 fully saturated rings. The van der Waals surface area contributed by atoms with Gasteiger partial charge in [-0.1, -0.05) is 21.3 Å². The smallest absolute Gasteiger partial charge is 0.261 e. The number of aromatic nitrogens is 8. The van der Waals surface area contributed by atoms with E-state index in [4.69, 9.17) is 4.74 Å². The zero-order valence-corrected chi connectivity index (χ0v) is 18.6. The second kappa shape index (κ2) is 8.93. The van der Waals surface area contributed by atoms with Crippen LogP contribution in [0, 0.1) is 5.92 Å². The number of ether oxygens (including phenoxy) is 1. The third kappa shape index (κ3) is 3.96. The summed E-state index contributed by atoms with van der Waals surface area (Å²) in [7, 11) is 3.37. The standard InChI is InChI=1S/C22H23N9O2.CH4/c1-11(2)16(21-23-6-5-7-24-21)28-18-15(22(32)27-14-10-31(3)30-17(14)18)20-26-13-8-12(33-4)9-25-19(13)29-20;/h5-11,16,28H,1-4H3,(H,27,32)(H,25,26,29);1H4/t16-;/m0./s1. The number of anilines is 1. The molecule has 0 saturated carbocycles. The molecule has 0 unspecified atom stereocenters. The topological polar surface area (TPSA) is 139 Å². The maximum atomic E-state index is 13.3. The third-order valence-corrected chi connectivity index (χ3v) is 5.41. The first kappa shape index (κ1) is 22.9. The second-order valence-electron chi connectivity index (χ2n) is 8.07.